The van der Waals surface area contributed by atoms with Crippen molar-refractivity contribution in [2.75, 3.05) is 13.7 Å². The minimum Gasteiger partial charge on any atom is -0.493 e. The molecule has 0 radical (unpaired) electrons. The van der Waals surface area contributed by atoms with Crippen molar-refractivity contribution in [3.05, 3.63) is 58.1 Å². The Labute approximate surface area is 137 Å². The van der Waals surface area contributed by atoms with E-state index in [9.17, 15) is 14.9 Å². The molecule has 0 aliphatic rings. The van der Waals surface area contributed by atoms with Crippen LogP contribution in [-0.2, 0) is 4.79 Å². The van der Waals surface area contributed by atoms with E-state index in [4.69, 9.17) is 15.2 Å². The number of hydrogen-bond donors (Lipinski definition) is 1. The first-order valence-corrected chi connectivity index (χ1v) is 6.87. The summed E-state index contributed by atoms with van der Waals surface area (Å²) in [5.41, 5.74) is 6.35. The van der Waals surface area contributed by atoms with Gasteiger partial charge >= 0.3 is 0 Å². The second kappa shape index (κ2) is 7.73. The molecular weight excluding hydrogens is 314 g/mol. The van der Waals surface area contributed by atoms with Crippen molar-refractivity contribution in [2.24, 2.45) is 10.7 Å². The number of primary amides is 1. The minimum atomic E-state index is -0.583. The number of nitrogens with two attached hydrogens (primary N) is 1. The number of amides is 1. The Bertz CT molecular complexity index is 772. The molecule has 0 saturated carbocycles. The van der Waals surface area contributed by atoms with E-state index < -0.39 is 10.8 Å². The highest BCUT2D eigenvalue weighted by Gasteiger charge is 2.07. The molecule has 0 heterocycles. The maximum Gasteiger partial charge on any atom is 0.269 e. The molecular formula is C16H15N3O5. The summed E-state index contributed by atoms with van der Waals surface area (Å²) in [6.07, 6.45) is 1.58. The number of benzene rings is 2. The number of nitrogens with zero attached hydrogens (tertiary/aromatic N) is 2. The summed E-state index contributed by atoms with van der Waals surface area (Å²) in [4.78, 5) is 25.1. The summed E-state index contributed by atoms with van der Waals surface area (Å²) in [5, 5.41) is 10.6. The Balaban J connectivity index is 2.14. The van der Waals surface area contributed by atoms with Gasteiger partial charge in [-0.15, -0.1) is 0 Å². The van der Waals surface area contributed by atoms with Crippen LogP contribution in [0, 0.1) is 10.1 Å². The first-order chi connectivity index (χ1) is 11.5. The molecule has 0 aromatic heterocycles. The van der Waals surface area contributed by atoms with Gasteiger partial charge in [0.1, 0.15) is 0 Å². The highest BCUT2D eigenvalue weighted by Crippen LogP contribution is 2.27. The van der Waals surface area contributed by atoms with Crippen molar-refractivity contribution < 1.29 is 19.2 Å². The van der Waals surface area contributed by atoms with Crippen molar-refractivity contribution in [3.8, 4) is 11.5 Å². The monoisotopic (exact) mass is 329 g/mol. The van der Waals surface area contributed by atoms with Gasteiger partial charge in [-0.3, -0.25) is 19.9 Å². The topological polar surface area (TPSA) is 117 Å². The molecule has 0 spiro atoms. The zero-order valence-electron chi connectivity index (χ0n) is 12.8. The molecule has 0 aliphatic heterocycles. The van der Waals surface area contributed by atoms with E-state index >= 15 is 0 Å². The number of aliphatic imine (C=N–C) groups is 1. The quantitative estimate of drug-likeness (QED) is 0.475. The molecule has 8 heteroatoms. The van der Waals surface area contributed by atoms with Crippen LogP contribution in [0.5, 0.6) is 11.5 Å². The van der Waals surface area contributed by atoms with E-state index in [0.29, 0.717) is 17.2 Å². The van der Waals surface area contributed by atoms with E-state index in [-0.39, 0.29) is 12.3 Å². The fourth-order valence-electron chi connectivity index (χ4n) is 1.84. The van der Waals surface area contributed by atoms with Crippen molar-refractivity contribution in [1.82, 2.24) is 0 Å². The first kappa shape index (κ1) is 16.9. The largest absolute Gasteiger partial charge is 0.493 e. The molecule has 2 aromatic carbocycles. The number of non-ortho nitro benzene ring substituents is 1. The number of hydrogen-bond acceptors (Lipinski definition) is 6. The Kier molecular flexibility index (Phi) is 5.45. The van der Waals surface area contributed by atoms with Crippen LogP contribution in [0.3, 0.4) is 0 Å². The zero-order chi connectivity index (χ0) is 17.5. The molecule has 124 valence electrons. The van der Waals surface area contributed by atoms with Gasteiger partial charge in [0.15, 0.2) is 18.1 Å². The molecule has 0 bridgehead atoms. The van der Waals surface area contributed by atoms with Crippen LogP contribution in [0.1, 0.15) is 5.56 Å². The number of carbonyl (C=O) groups excluding carboxylic acids is 1. The van der Waals surface area contributed by atoms with Gasteiger partial charge in [-0.2, -0.15) is 0 Å². The van der Waals surface area contributed by atoms with Crippen LogP contribution < -0.4 is 15.2 Å². The van der Waals surface area contributed by atoms with Crippen molar-refractivity contribution in [1.29, 1.82) is 0 Å². The third-order valence-electron chi connectivity index (χ3n) is 2.98. The Morgan fingerprint density at radius 1 is 1.25 bits per heavy atom. The molecule has 8 nitrogen and oxygen atoms in total. The Hall–Kier alpha value is -3.42. The molecule has 2 aromatic rings. The highest BCUT2D eigenvalue weighted by molar-refractivity contribution is 5.83. The third kappa shape index (κ3) is 4.54. The second-order valence-electron chi connectivity index (χ2n) is 4.70. The van der Waals surface area contributed by atoms with Crippen molar-refractivity contribution in [3.63, 3.8) is 0 Å². The lowest BCUT2D eigenvalue weighted by atomic mass is 10.2. The van der Waals surface area contributed by atoms with Crippen LogP contribution in [0.4, 0.5) is 11.4 Å². The van der Waals surface area contributed by atoms with Crippen LogP contribution in [0.2, 0.25) is 0 Å². The van der Waals surface area contributed by atoms with E-state index in [1.54, 1.807) is 36.5 Å². The number of nitro benzene ring substituents is 1. The summed E-state index contributed by atoms with van der Waals surface area (Å²) < 4.78 is 10.4. The second-order valence-corrected chi connectivity index (χ2v) is 4.70. The van der Waals surface area contributed by atoms with Crippen molar-refractivity contribution in [2.45, 2.75) is 0 Å². The fraction of sp³-hybridized carbons (Fsp3) is 0.125. The summed E-state index contributed by atoms with van der Waals surface area (Å²) in [6.45, 7) is -0.243. The van der Waals surface area contributed by atoms with E-state index in [2.05, 4.69) is 4.99 Å². The lowest BCUT2D eigenvalue weighted by molar-refractivity contribution is -0.384. The number of ether oxygens (including phenoxy) is 2. The van der Waals surface area contributed by atoms with E-state index in [0.717, 1.165) is 5.56 Å². The molecule has 24 heavy (non-hydrogen) atoms. The Morgan fingerprint density at radius 2 is 1.96 bits per heavy atom. The lowest BCUT2D eigenvalue weighted by Gasteiger charge is -2.09. The van der Waals surface area contributed by atoms with Crippen LogP contribution in [-0.4, -0.2) is 30.8 Å². The zero-order valence-corrected chi connectivity index (χ0v) is 12.8. The number of carbonyl (C=O) groups is 1. The summed E-state index contributed by atoms with van der Waals surface area (Å²) in [7, 11) is 1.48. The minimum absolute atomic E-state index is 0.00609. The van der Waals surface area contributed by atoms with Crippen LogP contribution in [0.15, 0.2) is 47.5 Å². The molecule has 0 saturated heterocycles. The van der Waals surface area contributed by atoms with Gasteiger partial charge in [-0.1, -0.05) is 0 Å². The molecule has 0 aliphatic carbocycles. The number of nitro groups is 1. The molecule has 0 atom stereocenters. The van der Waals surface area contributed by atoms with Gasteiger partial charge in [0.25, 0.3) is 11.6 Å². The van der Waals surface area contributed by atoms with Gasteiger partial charge in [0.05, 0.1) is 17.7 Å². The van der Waals surface area contributed by atoms with Gasteiger partial charge in [-0.05, 0) is 35.9 Å². The summed E-state index contributed by atoms with van der Waals surface area (Å²) in [5.74, 6) is 0.244. The third-order valence-corrected chi connectivity index (χ3v) is 2.98. The van der Waals surface area contributed by atoms with Gasteiger partial charge < -0.3 is 15.2 Å². The molecule has 2 rings (SSSR count). The highest BCUT2D eigenvalue weighted by atomic mass is 16.6. The fourth-order valence-corrected chi connectivity index (χ4v) is 1.84. The van der Waals surface area contributed by atoms with Crippen LogP contribution >= 0.6 is 0 Å². The normalized spacial score (nSPS) is 10.5. The average Bonchev–Trinajstić information content (AvgIpc) is 2.58. The van der Waals surface area contributed by atoms with Crippen molar-refractivity contribution >= 4 is 23.5 Å². The standard InChI is InChI=1S/C16H15N3O5/c1-23-15-8-11(2-7-14(15)24-10-16(17)20)9-18-12-3-5-13(6-4-12)19(21)22/h2-9H,10H2,1H3,(H2,17,20). The maximum absolute atomic E-state index is 10.8. The number of rotatable bonds is 7. The lowest BCUT2D eigenvalue weighted by Crippen LogP contribution is -2.20. The molecule has 0 unspecified atom stereocenters. The maximum atomic E-state index is 10.8. The average molecular weight is 329 g/mol. The van der Waals surface area contributed by atoms with Gasteiger partial charge in [0, 0.05) is 18.3 Å². The smallest absolute Gasteiger partial charge is 0.269 e. The molecule has 0 fully saturated rings. The Morgan fingerprint density at radius 3 is 2.54 bits per heavy atom. The van der Waals surface area contributed by atoms with E-state index in [1.807, 2.05) is 0 Å². The van der Waals surface area contributed by atoms with Gasteiger partial charge in [0.2, 0.25) is 0 Å². The SMILES string of the molecule is COc1cc(C=Nc2ccc([N+](=O)[O-])cc2)ccc1OCC(N)=O. The molecule has 1 amide bonds. The predicted molar refractivity (Wildman–Crippen MR) is 88.0 cm³/mol. The van der Waals surface area contributed by atoms with E-state index in [1.165, 1.54) is 19.2 Å². The summed E-state index contributed by atoms with van der Waals surface area (Å²) >= 11 is 0. The summed E-state index contributed by atoms with van der Waals surface area (Å²) in [6, 6.07) is 10.9. The number of methoxy groups -OCH3 is 1. The van der Waals surface area contributed by atoms with Crippen LogP contribution in [0.25, 0.3) is 0 Å². The first-order valence-electron chi connectivity index (χ1n) is 6.87. The molecule has 2 N–H and O–H groups in total. The predicted octanol–water partition coefficient (Wildman–Crippen LogP) is 2.22. The van der Waals surface area contributed by atoms with Gasteiger partial charge in [-0.25, -0.2) is 0 Å².